The van der Waals surface area contributed by atoms with Gasteiger partial charge in [-0.3, -0.25) is 4.98 Å². The summed E-state index contributed by atoms with van der Waals surface area (Å²) in [7, 11) is 0. The van der Waals surface area contributed by atoms with Crippen molar-refractivity contribution in [2.24, 2.45) is 0 Å². The summed E-state index contributed by atoms with van der Waals surface area (Å²) in [6, 6.07) is 3.85. The molecule has 1 heterocycles. The molecule has 0 aliphatic carbocycles. The van der Waals surface area contributed by atoms with E-state index in [0.29, 0.717) is 12.8 Å². The first kappa shape index (κ1) is 10.2. The van der Waals surface area contributed by atoms with E-state index < -0.39 is 0 Å². The van der Waals surface area contributed by atoms with Crippen molar-refractivity contribution in [3.8, 4) is 0 Å². The van der Waals surface area contributed by atoms with Crippen LogP contribution in [0.4, 0.5) is 0 Å². The number of hydrogen-bond donors (Lipinski definition) is 2. The van der Waals surface area contributed by atoms with Gasteiger partial charge in [0.25, 0.3) is 0 Å². The van der Waals surface area contributed by atoms with E-state index in [9.17, 15) is 0 Å². The lowest BCUT2D eigenvalue weighted by molar-refractivity contribution is 0.242. The van der Waals surface area contributed by atoms with Gasteiger partial charge in [-0.25, -0.2) is 0 Å². The normalized spacial score (nSPS) is 10.7. The van der Waals surface area contributed by atoms with Crippen LogP contribution in [0.15, 0.2) is 24.5 Å². The van der Waals surface area contributed by atoms with E-state index in [2.05, 4.69) is 4.98 Å². The first-order valence-electron chi connectivity index (χ1n) is 4.50. The SMILES string of the molecule is OCCC(CCO)c1ccncc1. The molecule has 0 unspecified atom stereocenters. The van der Waals surface area contributed by atoms with Crippen LogP contribution in [0.25, 0.3) is 0 Å². The highest BCUT2D eigenvalue weighted by molar-refractivity contribution is 5.15. The van der Waals surface area contributed by atoms with Crippen LogP contribution in [0.2, 0.25) is 0 Å². The highest BCUT2D eigenvalue weighted by Crippen LogP contribution is 2.21. The molecule has 0 amide bonds. The molecule has 1 aromatic heterocycles. The van der Waals surface area contributed by atoms with Crippen LogP contribution < -0.4 is 0 Å². The van der Waals surface area contributed by atoms with Crippen LogP contribution in [-0.4, -0.2) is 28.4 Å². The van der Waals surface area contributed by atoms with E-state index in [0.717, 1.165) is 5.56 Å². The molecule has 0 bridgehead atoms. The molecule has 0 saturated carbocycles. The number of nitrogens with zero attached hydrogens (tertiary/aromatic N) is 1. The zero-order valence-corrected chi connectivity index (χ0v) is 7.56. The van der Waals surface area contributed by atoms with Gasteiger partial charge in [0.05, 0.1) is 0 Å². The molecule has 1 rings (SSSR count). The fraction of sp³-hybridized carbons (Fsp3) is 0.500. The monoisotopic (exact) mass is 181 g/mol. The zero-order chi connectivity index (χ0) is 9.52. The van der Waals surface area contributed by atoms with Crippen LogP contribution in [0, 0.1) is 0 Å². The lowest BCUT2D eigenvalue weighted by Gasteiger charge is -2.13. The standard InChI is InChI=1S/C10H15NO2/c12-7-3-10(4-8-13)9-1-5-11-6-2-9/h1-2,5-6,10,12-13H,3-4,7-8H2. The summed E-state index contributed by atoms with van der Waals surface area (Å²) in [4.78, 5) is 3.92. The number of aliphatic hydroxyl groups is 2. The molecule has 0 aromatic carbocycles. The largest absolute Gasteiger partial charge is 0.396 e. The van der Waals surface area contributed by atoms with Crippen molar-refractivity contribution in [3.05, 3.63) is 30.1 Å². The van der Waals surface area contributed by atoms with Crippen molar-refractivity contribution in [2.45, 2.75) is 18.8 Å². The zero-order valence-electron chi connectivity index (χ0n) is 7.56. The van der Waals surface area contributed by atoms with Crippen molar-refractivity contribution in [1.29, 1.82) is 0 Å². The molecule has 0 saturated heterocycles. The summed E-state index contributed by atoms with van der Waals surface area (Å²) in [5, 5.41) is 17.7. The summed E-state index contributed by atoms with van der Waals surface area (Å²) in [6.45, 7) is 0.319. The third-order valence-corrected chi connectivity index (χ3v) is 2.13. The third kappa shape index (κ3) is 3.13. The van der Waals surface area contributed by atoms with Crippen molar-refractivity contribution in [1.82, 2.24) is 4.98 Å². The molecule has 3 nitrogen and oxygen atoms in total. The molecule has 0 aliphatic heterocycles. The van der Waals surface area contributed by atoms with Gasteiger partial charge >= 0.3 is 0 Å². The van der Waals surface area contributed by atoms with E-state index in [1.807, 2.05) is 12.1 Å². The number of aromatic nitrogens is 1. The quantitative estimate of drug-likeness (QED) is 0.710. The Morgan fingerprint density at radius 2 is 1.62 bits per heavy atom. The minimum absolute atomic E-state index is 0.160. The van der Waals surface area contributed by atoms with Crippen LogP contribution in [0.3, 0.4) is 0 Å². The minimum Gasteiger partial charge on any atom is -0.396 e. The summed E-state index contributed by atoms with van der Waals surface area (Å²) in [5.74, 6) is 0.248. The maximum absolute atomic E-state index is 8.83. The van der Waals surface area contributed by atoms with Crippen molar-refractivity contribution < 1.29 is 10.2 Å². The average molecular weight is 181 g/mol. The second kappa shape index (κ2) is 5.67. The van der Waals surface area contributed by atoms with Gasteiger partial charge in [-0.15, -0.1) is 0 Å². The van der Waals surface area contributed by atoms with Crippen LogP contribution in [0.1, 0.15) is 24.3 Å². The summed E-state index contributed by atoms with van der Waals surface area (Å²) in [5.41, 5.74) is 1.14. The summed E-state index contributed by atoms with van der Waals surface area (Å²) < 4.78 is 0. The molecule has 13 heavy (non-hydrogen) atoms. The van der Waals surface area contributed by atoms with Gasteiger partial charge in [-0.1, -0.05) is 0 Å². The third-order valence-electron chi connectivity index (χ3n) is 2.13. The Hall–Kier alpha value is -0.930. The predicted octanol–water partition coefficient (Wildman–Crippen LogP) is 0.930. The molecule has 2 N–H and O–H groups in total. The molecule has 0 fully saturated rings. The number of rotatable bonds is 5. The van der Waals surface area contributed by atoms with Gasteiger partial charge in [0, 0.05) is 25.6 Å². The van der Waals surface area contributed by atoms with E-state index in [1.165, 1.54) is 0 Å². The van der Waals surface area contributed by atoms with Crippen LogP contribution >= 0.6 is 0 Å². The average Bonchev–Trinajstić information content (AvgIpc) is 2.19. The Labute approximate surface area is 78.1 Å². The molecule has 0 aliphatic rings. The maximum atomic E-state index is 8.83. The Kier molecular flexibility index (Phi) is 4.43. The van der Waals surface area contributed by atoms with Gasteiger partial charge < -0.3 is 10.2 Å². The van der Waals surface area contributed by atoms with Gasteiger partial charge in [0.1, 0.15) is 0 Å². The van der Waals surface area contributed by atoms with E-state index in [1.54, 1.807) is 12.4 Å². The van der Waals surface area contributed by atoms with Gasteiger partial charge in [0.2, 0.25) is 0 Å². The first-order chi connectivity index (χ1) is 6.38. The molecule has 72 valence electrons. The topological polar surface area (TPSA) is 53.4 Å². The number of hydrogen-bond acceptors (Lipinski definition) is 3. The van der Waals surface area contributed by atoms with Crippen LogP contribution in [-0.2, 0) is 0 Å². The number of aliphatic hydroxyl groups excluding tert-OH is 2. The molecule has 0 atom stereocenters. The maximum Gasteiger partial charge on any atom is 0.0436 e. The van der Waals surface area contributed by atoms with Gasteiger partial charge in [-0.2, -0.15) is 0 Å². The Morgan fingerprint density at radius 1 is 1.08 bits per heavy atom. The Balaban J connectivity index is 2.64. The van der Waals surface area contributed by atoms with Crippen molar-refractivity contribution in [3.63, 3.8) is 0 Å². The highest BCUT2D eigenvalue weighted by Gasteiger charge is 2.09. The lowest BCUT2D eigenvalue weighted by Crippen LogP contribution is -2.04. The van der Waals surface area contributed by atoms with Crippen molar-refractivity contribution >= 4 is 0 Å². The van der Waals surface area contributed by atoms with Gasteiger partial charge in [-0.05, 0) is 36.5 Å². The Morgan fingerprint density at radius 3 is 2.08 bits per heavy atom. The summed E-state index contributed by atoms with van der Waals surface area (Å²) >= 11 is 0. The van der Waals surface area contributed by atoms with Gasteiger partial charge in [0.15, 0.2) is 0 Å². The fourth-order valence-corrected chi connectivity index (χ4v) is 1.42. The minimum atomic E-state index is 0.160. The second-order valence-electron chi connectivity index (χ2n) is 3.00. The second-order valence-corrected chi connectivity index (χ2v) is 3.00. The van der Waals surface area contributed by atoms with Crippen molar-refractivity contribution in [2.75, 3.05) is 13.2 Å². The first-order valence-corrected chi connectivity index (χ1v) is 4.50. The molecular weight excluding hydrogens is 166 g/mol. The smallest absolute Gasteiger partial charge is 0.0436 e. The molecular formula is C10H15NO2. The highest BCUT2D eigenvalue weighted by atomic mass is 16.3. The van der Waals surface area contributed by atoms with Crippen LogP contribution in [0.5, 0.6) is 0 Å². The molecule has 0 radical (unpaired) electrons. The molecule has 1 aromatic rings. The van der Waals surface area contributed by atoms with E-state index in [-0.39, 0.29) is 19.1 Å². The molecule has 0 spiro atoms. The molecule has 3 heteroatoms. The Bertz CT molecular complexity index is 220. The van der Waals surface area contributed by atoms with E-state index in [4.69, 9.17) is 10.2 Å². The van der Waals surface area contributed by atoms with E-state index >= 15 is 0 Å². The lowest BCUT2D eigenvalue weighted by atomic mass is 9.94. The fourth-order valence-electron chi connectivity index (χ4n) is 1.42. The summed E-state index contributed by atoms with van der Waals surface area (Å²) in [6.07, 6.45) is 4.86. The number of pyridine rings is 1. The predicted molar refractivity (Wildman–Crippen MR) is 50.4 cm³/mol.